The van der Waals surface area contributed by atoms with Gasteiger partial charge in [-0.25, -0.2) is 0 Å². The minimum atomic E-state index is -2.39. The molecule has 3 fully saturated rings. The first-order chi connectivity index (χ1) is 15.3. The van der Waals surface area contributed by atoms with Crippen LogP contribution in [0.5, 0.6) is 0 Å². The summed E-state index contributed by atoms with van der Waals surface area (Å²) in [4.78, 5) is 52.9. The SMILES string of the molecule is C=C1C[C@H]2[C@](C)(CCC(=O)O)[C@@H](C(C)(C)O)CC[C@@]2(C)[C@@]2(C(=O)OC)C(=O)[C@@](C)(O)C(=O)[C@]12C. The number of fused-ring (bicyclic) bond motifs is 3. The number of esters is 1. The van der Waals surface area contributed by atoms with Crippen molar-refractivity contribution in [3.05, 3.63) is 12.2 Å². The number of hydrogen-bond donors (Lipinski definition) is 3. The Bertz CT molecular complexity index is 974. The summed E-state index contributed by atoms with van der Waals surface area (Å²) in [5, 5.41) is 31.7. The Morgan fingerprint density at radius 3 is 2.18 bits per heavy atom. The van der Waals surface area contributed by atoms with E-state index < -0.39 is 62.3 Å². The van der Waals surface area contributed by atoms with Crippen molar-refractivity contribution in [3.63, 3.8) is 0 Å². The van der Waals surface area contributed by atoms with Gasteiger partial charge in [-0.3, -0.25) is 19.2 Å². The summed E-state index contributed by atoms with van der Waals surface area (Å²) < 4.78 is 5.19. The van der Waals surface area contributed by atoms with Crippen LogP contribution in [0.1, 0.15) is 73.6 Å². The van der Waals surface area contributed by atoms with E-state index in [0.717, 1.165) is 14.0 Å². The van der Waals surface area contributed by atoms with Crippen LogP contribution in [0.4, 0.5) is 0 Å². The Kier molecular flexibility index (Phi) is 5.83. The van der Waals surface area contributed by atoms with Crippen molar-refractivity contribution in [2.45, 2.75) is 84.8 Å². The van der Waals surface area contributed by atoms with Gasteiger partial charge in [0.2, 0.25) is 0 Å². The molecule has 0 aromatic carbocycles. The monoisotopic (exact) mass is 478 g/mol. The molecular formula is C26H38O8. The van der Waals surface area contributed by atoms with E-state index in [1.165, 1.54) is 6.92 Å². The molecule has 0 saturated heterocycles. The number of aliphatic carboxylic acids is 1. The second-order valence-corrected chi connectivity index (χ2v) is 12.0. The molecule has 3 rings (SSSR count). The highest BCUT2D eigenvalue weighted by molar-refractivity contribution is 6.29. The largest absolute Gasteiger partial charge is 0.481 e. The Hall–Kier alpha value is -2.06. The number of carboxylic acid groups (broad SMARTS) is 1. The highest BCUT2D eigenvalue weighted by Gasteiger charge is 2.85. The Morgan fingerprint density at radius 1 is 1.15 bits per heavy atom. The number of rotatable bonds is 5. The lowest BCUT2D eigenvalue weighted by Crippen LogP contribution is -2.70. The van der Waals surface area contributed by atoms with Crippen LogP contribution in [0.2, 0.25) is 0 Å². The first kappa shape index (κ1) is 26.5. The van der Waals surface area contributed by atoms with E-state index in [1.54, 1.807) is 20.8 Å². The first-order valence-electron chi connectivity index (χ1n) is 11.8. The van der Waals surface area contributed by atoms with E-state index in [4.69, 9.17) is 4.74 Å². The van der Waals surface area contributed by atoms with E-state index in [-0.39, 0.29) is 25.2 Å². The summed E-state index contributed by atoms with van der Waals surface area (Å²) in [6.07, 6.45) is 1.01. The molecule has 0 aromatic heterocycles. The average molecular weight is 479 g/mol. The van der Waals surface area contributed by atoms with Gasteiger partial charge in [-0.2, -0.15) is 0 Å². The van der Waals surface area contributed by atoms with Gasteiger partial charge in [0.15, 0.2) is 22.6 Å². The van der Waals surface area contributed by atoms with Crippen LogP contribution in [0, 0.1) is 33.5 Å². The van der Waals surface area contributed by atoms with Gasteiger partial charge >= 0.3 is 11.9 Å². The molecule has 7 atom stereocenters. The summed E-state index contributed by atoms with van der Waals surface area (Å²) in [6.45, 7) is 13.8. The number of carboxylic acids is 1. The third-order valence-electron chi connectivity index (χ3n) is 9.98. The molecule has 3 saturated carbocycles. The van der Waals surface area contributed by atoms with Crippen LogP contribution in [0.15, 0.2) is 12.2 Å². The summed E-state index contributed by atoms with van der Waals surface area (Å²) >= 11 is 0. The quantitative estimate of drug-likeness (QED) is 0.311. The predicted molar refractivity (Wildman–Crippen MR) is 123 cm³/mol. The van der Waals surface area contributed by atoms with Gasteiger partial charge in [-0.05, 0) is 76.0 Å². The first-order valence-corrected chi connectivity index (χ1v) is 11.8. The van der Waals surface area contributed by atoms with Crippen molar-refractivity contribution in [1.82, 2.24) is 0 Å². The number of Topliss-reactive ketones (excluding diaryl/α,β-unsaturated/α-hetero) is 2. The number of ether oxygens (including phenoxy) is 1. The molecule has 190 valence electrons. The highest BCUT2D eigenvalue weighted by atomic mass is 16.5. The maximum absolute atomic E-state index is 14.0. The number of hydrogen-bond acceptors (Lipinski definition) is 7. The van der Waals surface area contributed by atoms with Crippen LogP contribution in [-0.4, -0.2) is 57.1 Å². The predicted octanol–water partition coefficient (Wildman–Crippen LogP) is 2.69. The third kappa shape index (κ3) is 2.84. The van der Waals surface area contributed by atoms with Gasteiger partial charge in [0.1, 0.15) is 0 Å². The molecule has 0 spiro atoms. The normalized spacial score (nSPS) is 44.4. The molecule has 0 aliphatic heterocycles. The molecule has 0 radical (unpaired) electrons. The van der Waals surface area contributed by atoms with Gasteiger partial charge in [0.25, 0.3) is 0 Å². The lowest BCUT2D eigenvalue weighted by atomic mass is 9.34. The standard InChI is InChI=1S/C26H38O8/c1-14-13-16-22(4,11-10-17(27)28)15(21(2,3)32)9-12-23(16,5)26(20(31)34-8)19(30)25(7,33)18(29)24(14,26)6/h15-16,32-33H,1,9-13H2,2-8H3,(H,27,28)/t15-,16+,22-,23-,24+,25+,26+/m1/s1. The van der Waals surface area contributed by atoms with Crippen LogP contribution in [0.3, 0.4) is 0 Å². The lowest BCUT2D eigenvalue weighted by Gasteiger charge is -2.67. The zero-order valence-electron chi connectivity index (χ0n) is 21.3. The maximum Gasteiger partial charge on any atom is 0.321 e. The van der Waals surface area contributed by atoms with E-state index >= 15 is 0 Å². The third-order valence-corrected chi connectivity index (χ3v) is 9.98. The molecule has 3 N–H and O–H groups in total. The van der Waals surface area contributed by atoms with Crippen molar-refractivity contribution < 1.29 is 39.2 Å². The fourth-order valence-corrected chi connectivity index (χ4v) is 8.45. The van der Waals surface area contributed by atoms with E-state index in [0.29, 0.717) is 18.4 Å². The summed E-state index contributed by atoms with van der Waals surface area (Å²) in [5.41, 5.74) is -8.88. The van der Waals surface area contributed by atoms with Crippen molar-refractivity contribution in [2.75, 3.05) is 7.11 Å². The van der Waals surface area contributed by atoms with Crippen LogP contribution < -0.4 is 0 Å². The molecule has 0 amide bonds. The van der Waals surface area contributed by atoms with Crippen LogP contribution in [0.25, 0.3) is 0 Å². The molecule has 0 bridgehead atoms. The second-order valence-electron chi connectivity index (χ2n) is 12.0. The lowest BCUT2D eigenvalue weighted by molar-refractivity contribution is -0.218. The van der Waals surface area contributed by atoms with E-state index in [1.807, 2.05) is 6.92 Å². The zero-order valence-corrected chi connectivity index (χ0v) is 21.3. The van der Waals surface area contributed by atoms with Gasteiger partial charge in [0, 0.05) is 6.42 Å². The van der Waals surface area contributed by atoms with Crippen molar-refractivity contribution >= 4 is 23.5 Å². The smallest absolute Gasteiger partial charge is 0.321 e. The molecule has 34 heavy (non-hydrogen) atoms. The van der Waals surface area contributed by atoms with Crippen molar-refractivity contribution in [1.29, 1.82) is 0 Å². The molecule has 0 heterocycles. The van der Waals surface area contributed by atoms with Gasteiger partial charge in [0.05, 0.1) is 18.1 Å². The van der Waals surface area contributed by atoms with Crippen LogP contribution in [-0.2, 0) is 23.9 Å². The minimum Gasteiger partial charge on any atom is -0.481 e. The fraction of sp³-hybridized carbons (Fsp3) is 0.769. The molecule has 3 aliphatic rings. The molecule has 0 aromatic rings. The van der Waals surface area contributed by atoms with Crippen molar-refractivity contribution in [3.8, 4) is 0 Å². The number of carbonyl (C=O) groups is 4. The average Bonchev–Trinajstić information content (AvgIpc) is 2.84. The Labute approximate surface area is 200 Å². The highest BCUT2D eigenvalue weighted by Crippen LogP contribution is 2.76. The topological polar surface area (TPSA) is 138 Å². The van der Waals surface area contributed by atoms with Gasteiger partial charge in [-0.1, -0.05) is 26.0 Å². The van der Waals surface area contributed by atoms with Gasteiger partial charge in [-0.15, -0.1) is 0 Å². The number of methoxy groups -OCH3 is 1. The summed E-state index contributed by atoms with van der Waals surface area (Å²) in [6, 6.07) is 0. The number of aliphatic hydroxyl groups is 2. The fourth-order valence-electron chi connectivity index (χ4n) is 8.45. The number of carbonyl (C=O) groups excluding carboxylic acids is 3. The Morgan fingerprint density at radius 2 is 1.71 bits per heavy atom. The maximum atomic E-state index is 14.0. The van der Waals surface area contributed by atoms with E-state index in [2.05, 4.69) is 6.58 Å². The molecule has 8 heteroatoms. The van der Waals surface area contributed by atoms with Gasteiger partial charge < -0.3 is 20.1 Å². The molecule has 8 nitrogen and oxygen atoms in total. The summed E-state index contributed by atoms with van der Waals surface area (Å²) in [5.74, 6) is -4.35. The number of allylic oxidation sites excluding steroid dienone is 1. The molecule has 3 aliphatic carbocycles. The van der Waals surface area contributed by atoms with E-state index in [9.17, 15) is 34.5 Å². The second kappa shape index (κ2) is 7.47. The Balaban J connectivity index is 2.38. The van der Waals surface area contributed by atoms with Crippen molar-refractivity contribution in [2.24, 2.45) is 33.5 Å². The zero-order chi connectivity index (χ0) is 26.3. The molecule has 0 unspecified atom stereocenters. The summed E-state index contributed by atoms with van der Waals surface area (Å²) in [7, 11) is 1.16. The van der Waals surface area contributed by atoms with Crippen LogP contribution >= 0.6 is 0 Å². The number of ketones is 2. The minimum absolute atomic E-state index is 0.158. The molecular weight excluding hydrogens is 440 g/mol.